The summed E-state index contributed by atoms with van der Waals surface area (Å²) in [4.78, 5) is 2.53. The zero-order valence-corrected chi connectivity index (χ0v) is 10.2. The summed E-state index contributed by atoms with van der Waals surface area (Å²) in [6.45, 7) is 5.20. The van der Waals surface area contributed by atoms with Gasteiger partial charge in [-0.1, -0.05) is 44.0 Å². The van der Waals surface area contributed by atoms with Crippen molar-refractivity contribution in [2.75, 3.05) is 6.54 Å². The van der Waals surface area contributed by atoms with Crippen molar-refractivity contribution in [1.29, 1.82) is 0 Å². The topological polar surface area (TPSA) is 29.3 Å². The van der Waals surface area contributed by atoms with Crippen LogP contribution < -0.4 is 5.73 Å². The van der Waals surface area contributed by atoms with Crippen molar-refractivity contribution in [3.05, 3.63) is 35.4 Å². The van der Waals surface area contributed by atoms with Gasteiger partial charge in [0.2, 0.25) is 0 Å². The summed E-state index contributed by atoms with van der Waals surface area (Å²) in [7, 11) is 0. The summed E-state index contributed by atoms with van der Waals surface area (Å²) in [6.07, 6.45) is 3.78. The van der Waals surface area contributed by atoms with Crippen molar-refractivity contribution in [3.8, 4) is 0 Å². The van der Waals surface area contributed by atoms with Crippen LogP contribution in [0.2, 0.25) is 0 Å². The van der Waals surface area contributed by atoms with Gasteiger partial charge in [0.25, 0.3) is 0 Å². The van der Waals surface area contributed by atoms with Crippen molar-refractivity contribution < 1.29 is 0 Å². The molecule has 0 bridgehead atoms. The average molecular weight is 218 g/mol. The van der Waals surface area contributed by atoms with Crippen LogP contribution in [0, 0.1) is 0 Å². The largest absolute Gasteiger partial charge is 0.329 e. The van der Waals surface area contributed by atoms with E-state index in [1.807, 2.05) is 0 Å². The minimum Gasteiger partial charge on any atom is -0.329 e. The summed E-state index contributed by atoms with van der Waals surface area (Å²) >= 11 is 0. The molecular formula is C14H22N2. The molecule has 0 aliphatic carbocycles. The van der Waals surface area contributed by atoms with Crippen LogP contribution in [0.15, 0.2) is 24.3 Å². The summed E-state index contributed by atoms with van der Waals surface area (Å²) in [5.74, 6) is 0. The maximum absolute atomic E-state index is 5.89. The molecule has 1 unspecified atom stereocenters. The van der Waals surface area contributed by atoms with Crippen molar-refractivity contribution in [2.45, 2.75) is 45.3 Å². The second-order valence-corrected chi connectivity index (χ2v) is 4.71. The Balaban J connectivity index is 1.98. The highest BCUT2D eigenvalue weighted by atomic mass is 15.2. The number of rotatable bonds is 5. The number of nitrogens with zero attached hydrogens (tertiary/aromatic N) is 1. The molecule has 2 heteroatoms. The Morgan fingerprint density at radius 1 is 1.25 bits per heavy atom. The molecule has 1 aromatic rings. The summed E-state index contributed by atoms with van der Waals surface area (Å²) in [5.41, 5.74) is 8.85. The Bertz CT molecular complexity index is 310. The summed E-state index contributed by atoms with van der Waals surface area (Å²) in [6, 6.07) is 9.30. The standard InChI is InChI=1S/C14H22N2/c1-2-3-8-14(9-15)16-10-12-6-4-5-7-13(12)11-16/h4-7,14H,2-3,8-11,15H2,1H3. The minimum atomic E-state index is 0.562. The van der Waals surface area contributed by atoms with Crippen molar-refractivity contribution >= 4 is 0 Å². The molecule has 0 aromatic heterocycles. The number of hydrogen-bond donors (Lipinski definition) is 1. The van der Waals surface area contributed by atoms with E-state index in [9.17, 15) is 0 Å². The molecule has 1 aliphatic heterocycles. The van der Waals surface area contributed by atoms with Gasteiger partial charge in [-0.05, 0) is 17.5 Å². The highest BCUT2D eigenvalue weighted by molar-refractivity contribution is 5.30. The Morgan fingerprint density at radius 2 is 1.88 bits per heavy atom. The van der Waals surface area contributed by atoms with Crippen LogP contribution in [0.5, 0.6) is 0 Å². The highest BCUT2D eigenvalue weighted by Crippen LogP contribution is 2.25. The molecule has 0 spiro atoms. The molecule has 0 amide bonds. The van der Waals surface area contributed by atoms with Crippen molar-refractivity contribution in [2.24, 2.45) is 5.73 Å². The molecule has 88 valence electrons. The van der Waals surface area contributed by atoms with E-state index in [2.05, 4.69) is 36.1 Å². The van der Waals surface area contributed by atoms with Crippen molar-refractivity contribution in [3.63, 3.8) is 0 Å². The van der Waals surface area contributed by atoms with Crippen LogP contribution in [-0.2, 0) is 13.1 Å². The molecule has 1 aliphatic rings. The lowest BCUT2D eigenvalue weighted by molar-refractivity contribution is 0.190. The summed E-state index contributed by atoms with van der Waals surface area (Å²) < 4.78 is 0. The fourth-order valence-corrected chi connectivity index (χ4v) is 2.51. The number of fused-ring (bicyclic) bond motifs is 1. The molecule has 1 aromatic carbocycles. The van der Waals surface area contributed by atoms with E-state index < -0.39 is 0 Å². The first-order chi connectivity index (χ1) is 7.85. The molecule has 0 saturated carbocycles. The van der Waals surface area contributed by atoms with Gasteiger partial charge >= 0.3 is 0 Å². The lowest BCUT2D eigenvalue weighted by Gasteiger charge is -2.26. The maximum atomic E-state index is 5.89. The van der Waals surface area contributed by atoms with Gasteiger partial charge in [-0.25, -0.2) is 0 Å². The molecule has 1 atom stereocenters. The Morgan fingerprint density at radius 3 is 2.38 bits per heavy atom. The minimum absolute atomic E-state index is 0.562. The number of unbranched alkanes of at least 4 members (excludes halogenated alkanes) is 1. The predicted octanol–water partition coefficient (Wildman–Crippen LogP) is 2.52. The van der Waals surface area contributed by atoms with Crippen LogP contribution in [0.25, 0.3) is 0 Å². The van der Waals surface area contributed by atoms with Gasteiger partial charge in [-0.15, -0.1) is 0 Å². The summed E-state index contributed by atoms with van der Waals surface area (Å²) in [5, 5.41) is 0. The van der Waals surface area contributed by atoms with Crippen LogP contribution in [0.3, 0.4) is 0 Å². The fourth-order valence-electron chi connectivity index (χ4n) is 2.51. The third-order valence-electron chi connectivity index (χ3n) is 3.54. The van der Waals surface area contributed by atoms with Crippen LogP contribution >= 0.6 is 0 Å². The first-order valence-corrected chi connectivity index (χ1v) is 6.36. The predicted molar refractivity (Wildman–Crippen MR) is 68.1 cm³/mol. The lowest BCUT2D eigenvalue weighted by Crippen LogP contribution is -2.37. The van der Waals surface area contributed by atoms with E-state index in [1.165, 1.54) is 30.4 Å². The third-order valence-corrected chi connectivity index (χ3v) is 3.54. The molecule has 0 radical (unpaired) electrons. The monoisotopic (exact) mass is 218 g/mol. The molecule has 0 fully saturated rings. The SMILES string of the molecule is CCCCC(CN)N1Cc2ccccc2C1. The van der Waals surface area contributed by atoms with E-state index in [1.54, 1.807) is 0 Å². The van der Waals surface area contributed by atoms with Gasteiger partial charge in [0.1, 0.15) is 0 Å². The van der Waals surface area contributed by atoms with E-state index in [-0.39, 0.29) is 0 Å². The molecule has 2 rings (SSSR count). The average Bonchev–Trinajstić information content (AvgIpc) is 2.73. The zero-order valence-electron chi connectivity index (χ0n) is 10.2. The van der Waals surface area contributed by atoms with Gasteiger partial charge in [-0.3, -0.25) is 4.90 Å². The maximum Gasteiger partial charge on any atom is 0.0244 e. The molecule has 2 nitrogen and oxygen atoms in total. The van der Waals surface area contributed by atoms with Crippen LogP contribution in [0.1, 0.15) is 37.3 Å². The van der Waals surface area contributed by atoms with Gasteiger partial charge in [0, 0.05) is 25.7 Å². The van der Waals surface area contributed by atoms with Crippen LogP contribution in [-0.4, -0.2) is 17.5 Å². The quantitative estimate of drug-likeness (QED) is 0.823. The first-order valence-electron chi connectivity index (χ1n) is 6.36. The van der Waals surface area contributed by atoms with E-state index in [0.717, 1.165) is 19.6 Å². The van der Waals surface area contributed by atoms with Crippen LogP contribution in [0.4, 0.5) is 0 Å². The fraction of sp³-hybridized carbons (Fsp3) is 0.571. The molecule has 0 saturated heterocycles. The third kappa shape index (κ3) is 2.45. The number of benzene rings is 1. The Hall–Kier alpha value is -0.860. The molecule has 16 heavy (non-hydrogen) atoms. The Kier molecular flexibility index (Phi) is 3.97. The second-order valence-electron chi connectivity index (χ2n) is 4.71. The van der Waals surface area contributed by atoms with E-state index >= 15 is 0 Å². The molecular weight excluding hydrogens is 196 g/mol. The normalized spacial score (nSPS) is 17.4. The molecule has 2 N–H and O–H groups in total. The highest BCUT2D eigenvalue weighted by Gasteiger charge is 2.23. The van der Waals surface area contributed by atoms with E-state index in [4.69, 9.17) is 5.73 Å². The first kappa shape index (κ1) is 11.6. The smallest absolute Gasteiger partial charge is 0.0244 e. The zero-order chi connectivity index (χ0) is 11.4. The molecule has 1 heterocycles. The van der Waals surface area contributed by atoms with Gasteiger partial charge in [0.05, 0.1) is 0 Å². The number of nitrogens with two attached hydrogens (primary N) is 1. The Labute approximate surface area is 98.4 Å². The van der Waals surface area contributed by atoms with E-state index in [0.29, 0.717) is 6.04 Å². The lowest BCUT2D eigenvalue weighted by atomic mass is 10.1. The number of hydrogen-bond acceptors (Lipinski definition) is 2. The van der Waals surface area contributed by atoms with Gasteiger partial charge in [-0.2, -0.15) is 0 Å². The van der Waals surface area contributed by atoms with Gasteiger partial charge in [0.15, 0.2) is 0 Å². The second kappa shape index (κ2) is 5.46. The van der Waals surface area contributed by atoms with Crippen molar-refractivity contribution in [1.82, 2.24) is 4.90 Å². The van der Waals surface area contributed by atoms with Gasteiger partial charge < -0.3 is 5.73 Å².